The molecule has 9 heteroatoms. The summed E-state index contributed by atoms with van der Waals surface area (Å²) in [5.41, 5.74) is 2.84. The van der Waals surface area contributed by atoms with E-state index in [1.54, 1.807) is 21.0 Å². The van der Waals surface area contributed by atoms with Gasteiger partial charge in [0.15, 0.2) is 5.13 Å². The first-order valence-corrected chi connectivity index (χ1v) is 11.5. The molecule has 0 bridgehead atoms. The number of amides is 1. The first-order valence-electron chi connectivity index (χ1n) is 10.6. The number of aromatic amines is 1. The molecule has 3 rings (SSSR count). The average Bonchev–Trinajstić information content (AvgIpc) is 3.24. The molecular weight excluding hydrogens is 416 g/mol. The van der Waals surface area contributed by atoms with Gasteiger partial charge in [-0.25, -0.2) is 9.78 Å². The molecule has 0 spiro atoms. The fraction of sp³-hybridized carbons (Fsp3) is 0.591. The number of hydrogen-bond acceptors (Lipinski definition) is 7. The summed E-state index contributed by atoms with van der Waals surface area (Å²) in [6.07, 6.45) is 1.27. The molecule has 1 fully saturated rings. The van der Waals surface area contributed by atoms with Gasteiger partial charge in [0.25, 0.3) is 5.91 Å². The summed E-state index contributed by atoms with van der Waals surface area (Å²) in [5, 5.41) is 5.39. The molecule has 2 N–H and O–H groups in total. The second-order valence-electron chi connectivity index (χ2n) is 8.49. The van der Waals surface area contributed by atoms with Crippen LogP contribution in [0.4, 0.5) is 5.13 Å². The van der Waals surface area contributed by atoms with Crippen molar-refractivity contribution in [3.05, 3.63) is 33.6 Å². The Morgan fingerprint density at radius 2 is 1.97 bits per heavy atom. The number of hydrogen-bond donors (Lipinski definition) is 2. The Labute approximate surface area is 187 Å². The zero-order chi connectivity index (χ0) is 22.5. The lowest BCUT2D eigenvalue weighted by Crippen LogP contribution is -2.38. The van der Waals surface area contributed by atoms with Gasteiger partial charge in [-0.1, -0.05) is 13.8 Å². The van der Waals surface area contributed by atoms with Crippen LogP contribution in [0.15, 0.2) is 5.38 Å². The van der Waals surface area contributed by atoms with Crippen LogP contribution in [0.3, 0.4) is 0 Å². The molecule has 0 saturated carbocycles. The molecule has 2 unspecified atom stereocenters. The fourth-order valence-corrected chi connectivity index (χ4v) is 5.02. The topological polar surface area (TPSA) is 96.5 Å². The van der Waals surface area contributed by atoms with Crippen molar-refractivity contribution in [2.24, 2.45) is 11.8 Å². The standard InChI is InChI=1S/C22H32N4O4S/c1-13-8-14(2)10-26(9-13)11-17-12-31-22(24-17)25-20(27)19-15(3)18(16(4)23-19)21(28)30-7-6-29-5/h12-14,23H,6-11H2,1-5H3,(H,24,25,27). The zero-order valence-electron chi connectivity index (χ0n) is 18.9. The molecule has 170 valence electrons. The van der Waals surface area contributed by atoms with Gasteiger partial charge in [0.1, 0.15) is 12.3 Å². The van der Waals surface area contributed by atoms with Gasteiger partial charge in [-0.3, -0.25) is 15.0 Å². The van der Waals surface area contributed by atoms with Crippen molar-refractivity contribution >= 4 is 28.3 Å². The number of anilines is 1. The minimum absolute atomic E-state index is 0.164. The Morgan fingerprint density at radius 3 is 2.65 bits per heavy atom. The van der Waals surface area contributed by atoms with Crippen molar-refractivity contribution in [1.82, 2.24) is 14.9 Å². The number of carbonyl (C=O) groups is 2. The Kier molecular flexibility index (Phi) is 7.85. The second-order valence-corrected chi connectivity index (χ2v) is 9.35. The van der Waals surface area contributed by atoms with E-state index in [0.29, 0.717) is 46.1 Å². The third-order valence-electron chi connectivity index (χ3n) is 5.49. The van der Waals surface area contributed by atoms with E-state index in [4.69, 9.17) is 9.47 Å². The van der Waals surface area contributed by atoms with Crippen molar-refractivity contribution in [2.45, 2.75) is 40.7 Å². The molecular formula is C22H32N4O4S. The minimum atomic E-state index is -0.469. The summed E-state index contributed by atoms with van der Waals surface area (Å²) >= 11 is 1.41. The Balaban J connectivity index is 1.63. The number of rotatable bonds is 8. The number of H-pyrrole nitrogens is 1. The van der Waals surface area contributed by atoms with E-state index in [9.17, 15) is 9.59 Å². The summed E-state index contributed by atoms with van der Waals surface area (Å²) in [7, 11) is 1.54. The van der Waals surface area contributed by atoms with E-state index in [1.807, 2.05) is 5.38 Å². The Morgan fingerprint density at radius 1 is 1.26 bits per heavy atom. The second kappa shape index (κ2) is 10.4. The van der Waals surface area contributed by atoms with Gasteiger partial charge < -0.3 is 14.5 Å². The highest BCUT2D eigenvalue weighted by Crippen LogP contribution is 2.25. The SMILES string of the molecule is COCCOC(=O)c1c(C)[nH]c(C(=O)Nc2nc(CN3CC(C)CC(C)C3)cs2)c1C. The van der Waals surface area contributed by atoms with E-state index < -0.39 is 5.97 Å². The van der Waals surface area contributed by atoms with Crippen LogP contribution in [0.2, 0.25) is 0 Å². The molecule has 8 nitrogen and oxygen atoms in total. The monoisotopic (exact) mass is 448 g/mol. The van der Waals surface area contributed by atoms with Crippen LogP contribution in [0.25, 0.3) is 0 Å². The molecule has 1 aliphatic heterocycles. The van der Waals surface area contributed by atoms with E-state index in [-0.39, 0.29) is 12.5 Å². The van der Waals surface area contributed by atoms with Crippen LogP contribution in [0.5, 0.6) is 0 Å². The summed E-state index contributed by atoms with van der Waals surface area (Å²) in [6.45, 7) is 11.5. The lowest BCUT2D eigenvalue weighted by molar-refractivity contribution is 0.0387. The smallest absolute Gasteiger partial charge is 0.340 e. The first-order chi connectivity index (χ1) is 14.8. The number of carbonyl (C=O) groups excluding carboxylic acids is 2. The number of piperidine rings is 1. The van der Waals surface area contributed by atoms with Gasteiger partial charge in [-0.2, -0.15) is 0 Å². The molecule has 2 atom stereocenters. The van der Waals surface area contributed by atoms with E-state index in [1.165, 1.54) is 17.8 Å². The van der Waals surface area contributed by atoms with Crippen LogP contribution < -0.4 is 5.32 Å². The zero-order valence-corrected chi connectivity index (χ0v) is 19.7. The van der Waals surface area contributed by atoms with Gasteiger partial charge in [0.05, 0.1) is 17.9 Å². The lowest BCUT2D eigenvalue weighted by atomic mass is 9.92. The van der Waals surface area contributed by atoms with Crippen molar-refractivity contribution in [3.63, 3.8) is 0 Å². The largest absolute Gasteiger partial charge is 0.460 e. The molecule has 1 aliphatic rings. The lowest BCUT2D eigenvalue weighted by Gasteiger charge is -2.34. The maximum atomic E-state index is 12.8. The molecule has 1 amide bonds. The number of nitrogens with one attached hydrogen (secondary N) is 2. The van der Waals surface area contributed by atoms with Gasteiger partial charge >= 0.3 is 5.97 Å². The number of ether oxygens (including phenoxy) is 2. The van der Waals surface area contributed by atoms with E-state index >= 15 is 0 Å². The maximum absolute atomic E-state index is 12.8. The highest BCUT2D eigenvalue weighted by molar-refractivity contribution is 7.14. The normalized spacial score (nSPS) is 19.4. The van der Waals surface area contributed by atoms with Crippen molar-refractivity contribution in [3.8, 4) is 0 Å². The number of aromatic nitrogens is 2. The number of methoxy groups -OCH3 is 1. The maximum Gasteiger partial charge on any atom is 0.340 e. The highest BCUT2D eigenvalue weighted by atomic mass is 32.1. The van der Waals surface area contributed by atoms with Crippen LogP contribution in [0, 0.1) is 25.7 Å². The average molecular weight is 449 g/mol. The molecule has 31 heavy (non-hydrogen) atoms. The van der Waals surface area contributed by atoms with Gasteiger partial charge in [0, 0.05) is 37.8 Å². The number of aryl methyl sites for hydroxylation is 1. The van der Waals surface area contributed by atoms with E-state index in [0.717, 1.165) is 25.3 Å². The third-order valence-corrected chi connectivity index (χ3v) is 6.30. The molecule has 0 aliphatic carbocycles. The summed E-state index contributed by atoms with van der Waals surface area (Å²) < 4.78 is 10.1. The van der Waals surface area contributed by atoms with Crippen molar-refractivity contribution in [1.29, 1.82) is 0 Å². The fourth-order valence-electron chi connectivity index (χ4n) is 4.32. The number of nitrogens with zero attached hydrogens (tertiary/aromatic N) is 2. The Hall–Kier alpha value is -2.23. The van der Waals surface area contributed by atoms with Gasteiger partial charge in [-0.05, 0) is 37.7 Å². The molecule has 0 aromatic carbocycles. The third kappa shape index (κ3) is 5.93. The van der Waals surface area contributed by atoms with Crippen LogP contribution in [0.1, 0.15) is 58.1 Å². The molecule has 3 heterocycles. The summed E-state index contributed by atoms with van der Waals surface area (Å²) in [4.78, 5) is 35.2. The predicted molar refractivity (Wildman–Crippen MR) is 121 cm³/mol. The van der Waals surface area contributed by atoms with Crippen LogP contribution in [-0.2, 0) is 16.0 Å². The number of thiazole rings is 1. The highest BCUT2D eigenvalue weighted by Gasteiger charge is 2.25. The first kappa shape index (κ1) is 23.4. The minimum Gasteiger partial charge on any atom is -0.460 e. The molecule has 0 radical (unpaired) electrons. The quantitative estimate of drug-likeness (QED) is 0.473. The van der Waals surface area contributed by atoms with Crippen LogP contribution in [-0.4, -0.2) is 60.2 Å². The molecule has 2 aromatic rings. The molecule has 2 aromatic heterocycles. The Bertz CT molecular complexity index is 913. The van der Waals surface area contributed by atoms with Crippen molar-refractivity contribution in [2.75, 3.05) is 38.7 Å². The van der Waals surface area contributed by atoms with Gasteiger partial charge in [0.2, 0.25) is 0 Å². The van der Waals surface area contributed by atoms with Gasteiger partial charge in [-0.15, -0.1) is 11.3 Å². The van der Waals surface area contributed by atoms with E-state index in [2.05, 4.69) is 34.0 Å². The predicted octanol–water partition coefficient (Wildman–Crippen LogP) is 3.62. The summed E-state index contributed by atoms with van der Waals surface area (Å²) in [6, 6.07) is 0. The molecule has 1 saturated heterocycles. The summed E-state index contributed by atoms with van der Waals surface area (Å²) in [5.74, 6) is 0.591. The number of esters is 1. The number of likely N-dealkylation sites (tertiary alicyclic amines) is 1. The van der Waals surface area contributed by atoms with Crippen LogP contribution >= 0.6 is 11.3 Å². The van der Waals surface area contributed by atoms with Crippen molar-refractivity contribution < 1.29 is 19.1 Å².